The standard InChI is InChI=1S/C15H10N3O3/c1-2-4-11(5-3-1)14-18(15-16-6-7-20-15)8-13(21-14)12-9-19-10-17-12/h1-7,9-10,14H. The summed E-state index contributed by atoms with van der Waals surface area (Å²) < 4.78 is 16.3. The molecule has 1 aliphatic rings. The molecular formula is C15H10N3O3. The van der Waals surface area contributed by atoms with E-state index in [2.05, 4.69) is 16.2 Å². The Balaban J connectivity index is 1.74. The Kier molecular flexibility index (Phi) is 2.71. The van der Waals surface area contributed by atoms with Crippen LogP contribution in [-0.4, -0.2) is 9.97 Å². The third kappa shape index (κ3) is 2.06. The van der Waals surface area contributed by atoms with Crippen LogP contribution in [0.15, 0.2) is 64.3 Å². The van der Waals surface area contributed by atoms with Gasteiger partial charge in [0, 0.05) is 5.56 Å². The zero-order valence-corrected chi connectivity index (χ0v) is 10.8. The van der Waals surface area contributed by atoms with Crippen LogP contribution in [0.4, 0.5) is 6.01 Å². The van der Waals surface area contributed by atoms with Crippen molar-refractivity contribution in [2.24, 2.45) is 0 Å². The second kappa shape index (κ2) is 4.82. The number of oxazole rings is 2. The molecule has 3 aromatic rings. The van der Waals surface area contributed by atoms with E-state index in [1.807, 2.05) is 30.3 Å². The van der Waals surface area contributed by atoms with Crippen LogP contribution in [0.2, 0.25) is 0 Å². The lowest BCUT2D eigenvalue weighted by Crippen LogP contribution is -2.20. The topological polar surface area (TPSA) is 64.5 Å². The quantitative estimate of drug-likeness (QED) is 0.734. The van der Waals surface area contributed by atoms with Gasteiger partial charge in [-0.05, 0) is 0 Å². The summed E-state index contributed by atoms with van der Waals surface area (Å²) in [5.74, 6) is 0.482. The first-order valence-electron chi connectivity index (χ1n) is 6.34. The predicted octanol–water partition coefficient (Wildman–Crippen LogP) is 3.00. The van der Waals surface area contributed by atoms with E-state index in [9.17, 15) is 0 Å². The Hall–Kier alpha value is -3.02. The highest BCUT2D eigenvalue weighted by Crippen LogP contribution is 2.37. The number of aromatic nitrogens is 2. The Morgan fingerprint density at radius 2 is 2.05 bits per heavy atom. The maximum absolute atomic E-state index is 5.94. The summed E-state index contributed by atoms with van der Waals surface area (Å²) in [4.78, 5) is 9.92. The van der Waals surface area contributed by atoms with Crippen molar-refractivity contribution in [2.75, 3.05) is 4.90 Å². The Morgan fingerprint density at radius 3 is 2.76 bits per heavy atom. The van der Waals surface area contributed by atoms with E-state index in [1.54, 1.807) is 11.1 Å². The highest BCUT2D eigenvalue weighted by molar-refractivity contribution is 5.60. The van der Waals surface area contributed by atoms with Crippen LogP contribution in [-0.2, 0) is 4.74 Å². The molecule has 0 bridgehead atoms. The number of nitrogens with zero attached hydrogens (tertiary/aromatic N) is 3. The van der Waals surface area contributed by atoms with Gasteiger partial charge in [-0.1, -0.05) is 30.3 Å². The van der Waals surface area contributed by atoms with Crippen LogP contribution in [0.1, 0.15) is 17.5 Å². The molecule has 0 fully saturated rings. The highest BCUT2D eigenvalue weighted by Gasteiger charge is 2.33. The molecule has 6 nitrogen and oxygen atoms in total. The molecule has 0 amide bonds. The predicted molar refractivity (Wildman–Crippen MR) is 72.4 cm³/mol. The number of hydrogen-bond donors (Lipinski definition) is 0. The van der Waals surface area contributed by atoms with E-state index >= 15 is 0 Å². The Morgan fingerprint density at radius 1 is 1.14 bits per heavy atom. The van der Waals surface area contributed by atoms with Gasteiger partial charge < -0.3 is 13.6 Å². The van der Waals surface area contributed by atoms with Crippen molar-refractivity contribution < 1.29 is 13.6 Å². The summed E-state index contributed by atoms with van der Waals surface area (Å²) in [7, 11) is 0. The molecule has 1 radical (unpaired) electrons. The van der Waals surface area contributed by atoms with Crippen LogP contribution in [0, 0.1) is 6.20 Å². The molecule has 103 valence electrons. The summed E-state index contributed by atoms with van der Waals surface area (Å²) >= 11 is 0. The maximum atomic E-state index is 5.94. The molecule has 6 heteroatoms. The Bertz CT molecular complexity index is 736. The minimum absolute atomic E-state index is 0.405. The molecular weight excluding hydrogens is 270 g/mol. The molecule has 21 heavy (non-hydrogen) atoms. The van der Waals surface area contributed by atoms with E-state index in [4.69, 9.17) is 13.6 Å². The third-order valence-corrected chi connectivity index (χ3v) is 3.06. The zero-order chi connectivity index (χ0) is 14.1. The number of rotatable bonds is 3. The lowest BCUT2D eigenvalue weighted by atomic mass is 10.2. The molecule has 1 aliphatic heterocycles. The minimum atomic E-state index is -0.406. The van der Waals surface area contributed by atoms with Crippen molar-refractivity contribution in [3.63, 3.8) is 0 Å². The van der Waals surface area contributed by atoms with Crippen molar-refractivity contribution in [2.45, 2.75) is 6.23 Å². The molecule has 0 saturated carbocycles. The lowest BCUT2D eigenvalue weighted by Gasteiger charge is -2.20. The second-order valence-corrected chi connectivity index (χ2v) is 4.38. The molecule has 0 aliphatic carbocycles. The van der Waals surface area contributed by atoms with Crippen LogP contribution in [0.3, 0.4) is 0 Å². The molecule has 1 aromatic carbocycles. The summed E-state index contributed by atoms with van der Waals surface area (Å²) in [6.45, 7) is 0. The molecule has 1 unspecified atom stereocenters. The normalized spacial score (nSPS) is 17.6. The van der Waals surface area contributed by atoms with E-state index in [1.165, 1.54) is 18.9 Å². The first-order chi connectivity index (χ1) is 10.4. The number of hydrogen-bond acceptors (Lipinski definition) is 6. The fourth-order valence-corrected chi connectivity index (χ4v) is 2.12. The summed E-state index contributed by atoms with van der Waals surface area (Å²) in [6, 6.07) is 10.2. The van der Waals surface area contributed by atoms with Crippen molar-refractivity contribution in [3.05, 3.63) is 72.9 Å². The lowest BCUT2D eigenvalue weighted by molar-refractivity contribution is 0.190. The number of benzene rings is 1. The largest absolute Gasteiger partial charge is 0.461 e. The van der Waals surface area contributed by atoms with Gasteiger partial charge in [0.2, 0.25) is 6.23 Å². The van der Waals surface area contributed by atoms with Gasteiger partial charge in [-0.2, -0.15) is 0 Å². The SMILES string of the molecule is [C]1=C(c2cocn2)OC(c2ccccc2)N1c1ncco1. The third-order valence-electron chi connectivity index (χ3n) is 3.06. The average molecular weight is 280 g/mol. The van der Waals surface area contributed by atoms with Gasteiger partial charge in [-0.15, -0.1) is 0 Å². The summed E-state index contributed by atoms with van der Waals surface area (Å²) in [6.07, 6.45) is 8.62. The first kappa shape index (κ1) is 11.8. The zero-order valence-electron chi connectivity index (χ0n) is 10.8. The van der Waals surface area contributed by atoms with Crippen molar-refractivity contribution in [1.29, 1.82) is 0 Å². The molecule has 0 saturated heterocycles. The first-order valence-corrected chi connectivity index (χ1v) is 6.34. The van der Waals surface area contributed by atoms with E-state index < -0.39 is 6.23 Å². The van der Waals surface area contributed by atoms with Crippen molar-refractivity contribution in [1.82, 2.24) is 9.97 Å². The fourth-order valence-electron chi connectivity index (χ4n) is 2.12. The van der Waals surface area contributed by atoms with Gasteiger partial charge in [0.1, 0.15) is 24.4 Å². The average Bonchev–Trinajstić information content (AvgIpc) is 3.27. The fraction of sp³-hybridized carbons (Fsp3) is 0.0667. The van der Waals surface area contributed by atoms with Gasteiger partial charge in [0.15, 0.2) is 12.2 Å². The van der Waals surface area contributed by atoms with E-state index in [0.717, 1.165) is 5.56 Å². The van der Waals surface area contributed by atoms with E-state index in [0.29, 0.717) is 17.5 Å². The van der Waals surface area contributed by atoms with Gasteiger partial charge in [-0.25, -0.2) is 14.9 Å². The molecule has 1 atom stereocenters. The van der Waals surface area contributed by atoms with Gasteiger partial charge >= 0.3 is 6.01 Å². The van der Waals surface area contributed by atoms with Gasteiger partial charge in [0.25, 0.3) is 0 Å². The Labute approximate surface area is 120 Å². The smallest absolute Gasteiger partial charge is 0.305 e. The number of anilines is 1. The molecule has 4 rings (SSSR count). The van der Waals surface area contributed by atoms with Gasteiger partial charge in [-0.3, -0.25) is 0 Å². The monoisotopic (exact) mass is 280 g/mol. The van der Waals surface area contributed by atoms with Crippen LogP contribution < -0.4 is 4.90 Å². The molecule has 3 heterocycles. The van der Waals surface area contributed by atoms with Crippen LogP contribution in [0.25, 0.3) is 5.76 Å². The summed E-state index contributed by atoms with van der Waals surface area (Å²) in [5.41, 5.74) is 1.53. The summed E-state index contributed by atoms with van der Waals surface area (Å²) in [5, 5.41) is 0. The molecule has 0 N–H and O–H groups in total. The van der Waals surface area contributed by atoms with Crippen LogP contribution >= 0.6 is 0 Å². The molecule has 0 spiro atoms. The minimum Gasteiger partial charge on any atom is -0.461 e. The number of ether oxygens (including phenoxy) is 1. The van der Waals surface area contributed by atoms with E-state index in [-0.39, 0.29) is 0 Å². The highest BCUT2D eigenvalue weighted by atomic mass is 16.5. The van der Waals surface area contributed by atoms with Crippen molar-refractivity contribution in [3.8, 4) is 0 Å². The van der Waals surface area contributed by atoms with Crippen LogP contribution in [0.5, 0.6) is 0 Å². The maximum Gasteiger partial charge on any atom is 0.305 e. The second-order valence-electron chi connectivity index (χ2n) is 4.38. The van der Waals surface area contributed by atoms with Crippen molar-refractivity contribution >= 4 is 11.8 Å². The van der Waals surface area contributed by atoms with Gasteiger partial charge in [0.05, 0.1) is 6.20 Å². The molecule has 2 aromatic heterocycles.